The van der Waals surface area contributed by atoms with E-state index in [0.717, 1.165) is 12.8 Å². The average Bonchev–Trinajstić information content (AvgIpc) is 2.15. The van der Waals surface area contributed by atoms with Crippen LogP contribution in [0.15, 0.2) is 16.0 Å². The van der Waals surface area contributed by atoms with Crippen molar-refractivity contribution in [2.45, 2.75) is 43.0 Å². The van der Waals surface area contributed by atoms with Crippen molar-refractivity contribution in [3.05, 3.63) is 22.1 Å². The molecule has 0 amide bonds. The van der Waals surface area contributed by atoms with E-state index in [9.17, 15) is 9.59 Å². The second-order valence-electron chi connectivity index (χ2n) is 4.07. The van der Waals surface area contributed by atoms with E-state index in [0.29, 0.717) is 29.5 Å². The molecule has 4 nitrogen and oxygen atoms in total. The van der Waals surface area contributed by atoms with Crippen molar-refractivity contribution >= 4 is 17.5 Å². The molecule has 1 N–H and O–H groups in total. The Labute approximate surface area is 97.9 Å². The van der Waals surface area contributed by atoms with Crippen LogP contribution in [0.4, 0.5) is 0 Å². The zero-order valence-corrected chi connectivity index (χ0v) is 9.97. The summed E-state index contributed by atoms with van der Waals surface area (Å²) in [7, 11) is 0. The minimum atomic E-state index is -0.128. The molecule has 1 aliphatic carbocycles. The highest BCUT2D eigenvalue weighted by Crippen LogP contribution is 2.29. The molecular formula is C11H14N2O2S. The first kappa shape index (κ1) is 11.4. The fraction of sp³-hybridized carbons (Fsp3) is 0.545. The Morgan fingerprint density at radius 1 is 1.50 bits per heavy atom. The first-order valence-electron chi connectivity index (χ1n) is 5.40. The van der Waals surface area contributed by atoms with Gasteiger partial charge in [0, 0.05) is 29.9 Å². The standard InChI is InChI=1S/C11H14N2O2S/c1-7-5-10(15)13-11(12-7)16-9-4-2-3-8(14)6-9/h5,9H,2-4,6H2,1H3,(H,12,13,15). The van der Waals surface area contributed by atoms with Gasteiger partial charge in [-0.3, -0.25) is 9.59 Å². The Morgan fingerprint density at radius 3 is 3.00 bits per heavy atom. The Bertz CT molecular complexity index is 456. The molecule has 1 saturated carbocycles. The normalized spacial score (nSPS) is 21.1. The van der Waals surface area contributed by atoms with Gasteiger partial charge in [-0.05, 0) is 19.8 Å². The maximum absolute atomic E-state index is 11.3. The highest BCUT2D eigenvalue weighted by Gasteiger charge is 2.21. The Hall–Kier alpha value is -1.10. The van der Waals surface area contributed by atoms with Crippen LogP contribution in [-0.2, 0) is 4.79 Å². The molecule has 5 heteroatoms. The van der Waals surface area contributed by atoms with Crippen molar-refractivity contribution in [1.82, 2.24) is 9.97 Å². The second-order valence-corrected chi connectivity index (χ2v) is 5.36. The van der Waals surface area contributed by atoms with E-state index in [1.165, 1.54) is 17.8 Å². The molecule has 1 aromatic rings. The minimum Gasteiger partial charge on any atom is -0.301 e. The molecule has 0 aliphatic heterocycles. The number of aryl methyl sites for hydroxylation is 1. The molecule has 16 heavy (non-hydrogen) atoms. The summed E-state index contributed by atoms with van der Waals surface area (Å²) in [5.41, 5.74) is 0.588. The number of carbonyl (C=O) groups is 1. The highest BCUT2D eigenvalue weighted by molar-refractivity contribution is 7.99. The van der Waals surface area contributed by atoms with Crippen LogP contribution in [0.3, 0.4) is 0 Å². The van der Waals surface area contributed by atoms with Crippen molar-refractivity contribution in [3.8, 4) is 0 Å². The summed E-state index contributed by atoms with van der Waals surface area (Å²) in [4.78, 5) is 29.5. The van der Waals surface area contributed by atoms with Gasteiger partial charge >= 0.3 is 0 Å². The Morgan fingerprint density at radius 2 is 2.31 bits per heavy atom. The lowest BCUT2D eigenvalue weighted by atomic mass is 9.99. The third kappa shape index (κ3) is 2.95. The van der Waals surface area contributed by atoms with E-state index in [-0.39, 0.29) is 10.8 Å². The van der Waals surface area contributed by atoms with Crippen LogP contribution in [0, 0.1) is 6.92 Å². The molecule has 1 atom stereocenters. The number of rotatable bonds is 2. The summed E-state index contributed by atoms with van der Waals surface area (Å²) in [5, 5.41) is 0.899. The van der Waals surface area contributed by atoms with Gasteiger partial charge in [0.2, 0.25) is 0 Å². The van der Waals surface area contributed by atoms with Crippen molar-refractivity contribution in [1.29, 1.82) is 0 Å². The van der Waals surface area contributed by atoms with E-state index < -0.39 is 0 Å². The van der Waals surface area contributed by atoms with Crippen LogP contribution >= 0.6 is 11.8 Å². The van der Waals surface area contributed by atoms with Gasteiger partial charge in [0.05, 0.1) is 0 Å². The zero-order valence-electron chi connectivity index (χ0n) is 9.16. The van der Waals surface area contributed by atoms with E-state index >= 15 is 0 Å². The van der Waals surface area contributed by atoms with Crippen LogP contribution in [-0.4, -0.2) is 21.0 Å². The third-order valence-electron chi connectivity index (χ3n) is 2.56. The number of carbonyl (C=O) groups excluding carboxylic acids is 1. The lowest BCUT2D eigenvalue weighted by Crippen LogP contribution is -2.18. The van der Waals surface area contributed by atoms with Crippen LogP contribution < -0.4 is 5.56 Å². The van der Waals surface area contributed by atoms with E-state index in [1.54, 1.807) is 6.92 Å². The lowest BCUT2D eigenvalue weighted by Gasteiger charge is -2.19. The highest BCUT2D eigenvalue weighted by atomic mass is 32.2. The van der Waals surface area contributed by atoms with Gasteiger partial charge in [0.1, 0.15) is 5.78 Å². The van der Waals surface area contributed by atoms with Crippen LogP contribution in [0.25, 0.3) is 0 Å². The molecule has 0 bridgehead atoms. The molecule has 0 aromatic carbocycles. The molecule has 0 saturated heterocycles. The fourth-order valence-electron chi connectivity index (χ4n) is 1.85. The molecule has 0 radical (unpaired) electrons. The van der Waals surface area contributed by atoms with Gasteiger partial charge in [-0.25, -0.2) is 4.98 Å². The van der Waals surface area contributed by atoms with Gasteiger partial charge in [0.25, 0.3) is 5.56 Å². The number of aromatic nitrogens is 2. The van der Waals surface area contributed by atoms with Gasteiger partial charge < -0.3 is 4.98 Å². The minimum absolute atomic E-state index is 0.128. The van der Waals surface area contributed by atoms with Crippen LogP contribution in [0.2, 0.25) is 0 Å². The fourth-order valence-corrected chi connectivity index (χ4v) is 3.08. The monoisotopic (exact) mass is 238 g/mol. The number of thioether (sulfide) groups is 1. The second kappa shape index (κ2) is 4.82. The number of Topliss-reactive ketones (excluding diaryl/α,β-unsaturated/α-hetero) is 1. The maximum Gasteiger partial charge on any atom is 0.251 e. The van der Waals surface area contributed by atoms with Crippen LogP contribution in [0.1, 0.15) is 31.4 Å². The van der Waals surface area contributed by atoms with Crippen molar-refractivity contribution in [2.75, 3.05) is 0 Å². The molecular weight excluding hydrogens is 224 g/mol. The number of nitrogens with zero attached hydrogens (tertiary/aromatic N) is 1. The van der Waals surface area contributed by atoms with Crippen molar-refractivity contribution in [3.63, 3.8) is 0 Å². The van der Waals surface area contributed by atoms with Crippen LogP contribution in [0.5, 0.6) is 0 Å². The number of hydrogen-bond acceptors (Lipinski definition) is 4. The van der Waals surface area contributed by atoms with E-state index in [4.69, 9.17) is 0 Å². The molecule has 86 valence electrons. The molecule has 1 heterocycles. The van der Waals surface area contributed by atoms with E-state index in [2.05, 4.69) is 9.97 Å². The summed E-state index contributed by atoms with van der Waals surface area (Å²) in [6, 6.07) is 1.47. The lowest BCUT2D eigenvalue weighted by molar-refractivity contribution is -0.120. The van der Waals surface area contributed by atoms with Gasteiger partial charge in [-0.15, -0.1) is 0 Å². The number of H-pyrrole nitrogens is 1. The summed E-state index contributed by atoms with van der Waals surface area (Å²) in [5.74, 6) is 0.318. The molecule has 1 aliphatic rings. The number of ketones is 1. The third-order valence-corrected chi connectivity index (χ3v) is 3.72. The predicted molar refractivity (Wildman–Crippen MR) is 62.7 cm³/mol. The smallest absolute Gasteiger partial charge is 0.251 e. The molecule has 1 aromatic heterocycles. The zero-order chi connectivity index (χ0) is 11.5. The maximum atomic E-state index is 11.3. The SMILES string of the molecule is Cc1cc(=O)[nH]c(SC2CCCC(=O)C2)n1. The number of aromatic amines is 1. The molecule has 0 spiro atoms. The summed E-state index contributed by atoms with van der Waals surface area (Å²) < 4.78 is 0. The number of hydrogen-bond donors (Lipinski definition) is 1. The summed E-state index contributed by atoms with van der Waals surface area (Å²) in [6.45, 7) is 1.80. The summed E-state index contributed by atoms with van der Waals surface area (Å²) >= 11 is 1.51. The predicted octanol–water partition coefficient (Wildman–Crippen LogP) is 1.68. The summed E-state index contributed by atoms with van der Waals surface area (Å²) in [6.07, 6.45) is 3.28. The molecule has 1 fully saturated rings. The van der Waals surface area contributed by atoms with Gasteiger partial charge in [-0.2, -0.15) is 0 Å². The van der Waals surface area contributed by atoms with Gasteiger partial charge in [0.15, 0.2) is 5.16 Å². The van der Waals surface area contributed by atoms with E-state index in [1.807, 2.05) is 0 Å². The molecule has 2 rings (SSSR count). The Balaban J connectivity index is 2.08. The van der Waals surface area contributed by atoms with Crippen molar-refractivity contribution < 1.29 is 4.79 Å². The number of nitrogens with one attached hydrogen (secondary N) is 1. The topological polar surface area (TPSA) is 62.8 Å². The Kier molecular flexibility index (Phi) is 3.43. The quantitative estimate of drug-likeness (QED) is 0.796. The first-order valence-corrected chi connectivity index (χ1v) is 6.28. The average molecular weight is 238 g/mol. The van der Waals surface area contributed by atoms with Crippen molar-refractivity contribution in [2.24, 2.45) is 0 Å². The largest absolute Gasteiger partial charge is 0.301 e. The van der Waals surface area contributed by atoms with Gasteiger partial charge in [-0.1, -0.05) is 11.8 Å². The molecule has 1 unspecified atom stereocenters. The first-order chi connectivity index (χ1) is 7.63.